The van der Waals surface area contributed by atoms with Gasteiger partial charge < -0.3 is 20.7 Å². The van der Waals surface area contributed by atoms with Crippen LogP contribution in [0.1, 0.15) is 15.2 Å². The number of aliphatic imine (C=N–C) groups is 1. The molecule has 0 aliphatic carbocycles. The number of methoxy groups -OCH3 is 1. The Morgan fingerprint density at radius 1 is 1.08 bits per heavy atom. The summed E-state index contributed by atoms with van der Waals surface area (Å²) < 4.78 is 4.99. The molecule has 11 heteroatoms. The molecule has 2 aromatic heterocycles. The number of ether oxygens (including phenoxy) is 1. The van der Waals surface area contributed by atoms with E-state index in [0.717, 1.165) is 22.2 Å². The number of anilines is 3. The van der Waals surface area contributed by atoms with Gasteiger partial charge in [-0.15, -0.1) is 11.3 Å². The smallest absolute Gasteiger partial charge is 0.267 e. The third-order valence-electron chi connectivity index (χ3n) is 5.38. The Balaban J connectivity index is 1.42. The fraction of sp³-hybridized carbons (Fsp3) is 0.192. The fourth-order valence-corrected chi connectivity index (χ4v) is 4.45. The van der Waals surface area contributed by atoms with Crippen LogP contribution in [0.4, 0.5) is 17.1 Å². The van der Waals surface area contributed by atoms with Crippen molar-refractivity contribution in [2.45, 2.75) is 6.54 Å². The number of carbonyl (C=O) groups excluding carboxylic acids is 1. The number of amidine groups is 1. The molecule has 2 heterocycles. The first-order valence-corrected chi connectivity index (χ1v) is 12.4. The molecular weight excluding hydrogens is 492 g/mol. The monoisotopic (exact) mass is 520 g/mol. The Morgan fingerprint density at radius 2 is 1.89 bits per heavy atom. The molecule has 0 saturated heterocycles. The second kappa shape index (κ2) is 12.9. The lowest BCUT2D eigenvalue weighted by molar-refractivity contribution is -0.296. The number of hydrogen-bond donors (Lipinski definition) is 5. The zero-order valence-corrected chi connectivity index (χ0v) is 21.0. The van der Waals surface area contributed by atoms with Crippen molar-refractivity contribution in [2.75, 3.05) is 42.8 Å². The van der Waals surface area contributed by atoms with Gasteiger partial charge in [-0.25, -0.2) is 0 Å². The van der Waals surface area contributed by atoms with Gasteiger partial charge in [0, 0.05) is 36.6 Å². The molecule has 0 radical (unpaired) electrons. The van der Waals surface area contributed by atoms with Gasteiger partial charge in [-0.2, -0.15) is 0 Å². The zero-order chi connectivity index (χ0) is 26.0. The summed E-state index contributed by atoms with van der Waals surface area (Å²) in [6.45, 7) is 1.08. The van der Waals surface area contributed by atoms with Gasteiger partial charge in [-0.1, -0.05) is 29.5 Å². The van der Waals surface area contributed by atoms with E-state index in [0.29, 0.717) is 41.8 Å². The maximum Gasteiger partial charge on any atom is 0.267 e. The number of hydroxylamine groups is 2. The quantitative estimate of drug-likeness (QED) is 0.0833. The second-order valence-electron chi connectivity index (χ2n) is 8.02. The summed E-state index contributed by atoms with van der Waals surface area (Å²) in [7, 11) is 1.56. The summed E-state index contributed by atoms with van der Waals surface area (Å²) in [5.74, 6) is 0.0963. The number of para-hydroxylation sites is 1. The minimum atomic E-state index is -0.236. The van der Waals surface area contributed by atoms with Crippen molar-refractivity contribution < 1.29 is 19.9 Å². The highest BCUT2D eigenvalue weighted by Crippen LogP contribution is 2.26. The molecule has 0 aliphatic rings. The summed E-state index contributed by atoms with van der Waals surface area (Å²) in [5.41, 5.74) is 3.97. The van der Waals surface area contributed by atoms with E-state index in [-0.39, 0.29) is 17.7 Å². The lowest BCUT2D eigenvalue weighted by Crippen LogP contribution is -2.29. The number of thiophene rings is 1. The van der Waals surface area contributed by atoms with Crippen molar-refractivity contribution in [1.82, 2.24) is 10.2 Å². The van der Waals surface area contributed by atoms with Gasteiger partial charge in [0.25, 0.3) is 5.91 Å². The Hall–Kier alpha value is -3.87. The maximum atomic E-state index is 13.1. The summed E-state index contributed by atoms with van der Waals surface area (Å²) in [4.78, 5) is 22.3. The molecule has 0 bridgehead atoms. The van der Waals surface area contributed by atoms with Crippen LogP contribution in [0.15, 0.2) is 77.2 Å². The van der Waals surface area contributed by atoms with E-state index < -0.39 is 0 Å². The number of benzene rings is 2. The predicted octanol–water partition coefficient (Wildman–Crippen LogP) is 4.70. The van der Waals surface area contributed by atoms with Crippen molar-refractivity contribution in [2.24, 2.45) is 4.99 Å². The first-order chi connectivity index (χ1) is 18.0. The van der Waals surface area contributed by atoms with E-state index >= 15 is 0 Å². The fourth-order valence-electron chi connectivity index (χ4n) is 3.69. The maximum absolute atomic E-state index is 13.1. The van der Waals surface area contributed by atoms with E-state index in [9.17, 15) is 15.2 Å². The highest BCUT2D eigenvalue weighted by molar-refractivity contribution is 7.12. The van der Waals surface area contributed by atoms with Crippen LogP contribution in [0.3, 0.4) is 0 Å². The number of aromatic nitrogens is 1. The Labute approximate surface area is 218 Å². The molecule has 0 unspecified atom stereocenters. The average Bonchev–Trinajstić information content (AvgIpc) is 3.36. The van der Waals surface area contributed by atoms with Crippen molar-refractivity contribution in [3.8, 4) is 0 Å². The van der Waals surface area contributed by atoms with Crippen LogP contribution in [-0.2, 0) is 11.3 Å². The molecule has 37 heavy (non-hydrogen) atoms. The number of rotatable bonds is 11. The molecule has 192 valence electrons. The second-order valence-corrected chi connectivity index (χ2v) is 8.93. The van der Waals surface area contributed by atoms with Crippen LogP contribution in [-0.4, -0.2) is 59.2 Å². The molecule has 0 saturated carbocycles. The lowest BCUT2D eigenvalue weighted by Gasteiger charge is -2.14. The van der Waals surface area contributed by atoms with Crippen LogP contribution in [0.5, 0.6) is 0 Å². The van der Waals surface area contributed by atoms with Crippen LogP contribution >= 0.6 is 11.3 Å². The number of fused-ring (bicyclic) bond motifs is 1. The normalized spacial score (nSPS) is 11.6. The first-order valence-electron chi connectivity index (χ1n) is 11.5. The molecule has 0 aliphatic heterocycles. The van der Waals surface area contributed by atoms with E-state index in [1.54, 1.807) is 37.6 Å². The SMILES string of the molecule is COCCN=C(CN(O)O)Nc1cccc(NC(=O)c2sccc2NCc2ccnc3ccccc23)c1. The highest BCUT2D eigenvalue weighted by atomic mass is 32.1. The van der Waals surface area contributed by atoms with Gasteiger partial charge in [-0.05, 0) is 47.3 Å². The van der Waals surface area contributed by atoms with Crippen molar-refractivity contribution in [1.29, 1.82) is 0 Å². The highest BCUT2D eigenvalue weighted by Gasteiger charge is 2.14. The molecule has 0 spiro atoms. The molecule has 4 rings (SSSR count). The number of hydrogen-bond acceptors (Lipinski definition) is 9. The lowest BCUT2D eigenvalue weighted by atomic mass is 10.1. The van der Waals surface area contributed by atoms with Gasteiger partial charge in [0.1, 0.15) is 17.3 Å². The topological polar surface area (TPSA) is 131 Å². The van der Waals surface area contributed by atoms with Crippen LogP contribution in [0.25, 0.3) is 10.9 Å². The molecule has 5 N–H and O–H groups in total. The Bertz CT molecular complexity index is 1370. The number of pyridine rings is 1. The third kappa shape index (κ3) is 7.32. The Morgan fingerprint density at radius 3 is 2.70 bits per heavy atom. The molecule has 0 fully saturated rings. The minimum Gasteiger partial charge on any atom is -0.383 e. The van der Waals surface area contributed by atoms with Crippen molar-refractivity contribution >= 4 is 51.0 Å². The van der Waals surface area contributed by atoms with Gasteiger partial charge >= 0.3 is 0 Å². The molecule has 1 amide bonds. The molecule has 4 aromatic rings. The van der Waals surface area contributed by atoms with Crippen molar-refractivity contribution in [3.63, 3.8) is 0 Å². The van der Waals surface area contributed by atoms with Gasteiger partial charge in [0.2, 0.25) is 0 Å². The largest absolute Gasteiger partial charge is 0.383 e. The summed E-state index contributed by atoms with van der Waals surface area (Å²) >= 11 is 1.35. The first kappa shape index (κ1) is 26.2. The predicted molar refractivity (Wildman–Crippen MR) is 146 cm³/mol. The zero-order valence-electron chi connectivity index (χ0n) is 20.2. The minimum absolute atomic E-state index is 0.0460. The van der Waals surface area contributed by atoms with E-state index in [1.165, 1.54) is 11.3 Å². The standard InChI is InChI=1S/C26H28N6O4S/c1-36-13-12-28-24(17-32(34)35)30-19-5-4-6-20(15-19)31-26(33)25-23(10-14-37-25)29-16-18-9-11-27-22-8-3-2-7-21(18)22/h2-11,14-15,29,34-35H,12-13,16-17H2,1H3,(H,28,30)(H,31,33). The number of carbonyl (C=O) groups is 1. The average molecular weight is 521 g/mol. The summed E-state index contributed by atoms with van der Waals surface area (Å²) in [6, 6.07) is 18.9. The third-order valence-corrected chi connectivity index (χ3v) is 6.29. The number of nitrogens with zero attached hydrogens (tertiary/aromatic N) is 3. The molecule has 10 nitrogen and oxygen atoms in total. The van der Waals surface area contributed by atoms with E-state index in [2.05, 4.69) is 25.9 Å². The van der Waals surface area contributed by atoms with Crippen LogP contribution < -0.4 is 16.0 Å². The summed E-state index contributed by atoms with van der Waals surface area (Å²) in [6.07, 6.45) is 1.79. The van der Waals surface area contributed by atoms with E-state index in [1.807, 2.05) is 41.8 Å². The molecular formula is C26H28N6O4S. The number of nitrogens with one attached hydrogen (secondary N) is 3. The summed E-state index contributed by atoms with van der Waals surface area (Å²) in [5, 5.41) is 30.8. The van der Waals surface area contributed by atoms with E-state index in [4.69, 9.17) is 4.74 Å². The van der Waals surface area contributed by atoms with Gasteiger partial charge in [0.15, 0.2) is 0 Å². The molecule has 2 aromatic carbocycles. The van der Waals surface area contributed by atoms with Crippen molar-refractivity contribution in [3.05, 3.63) is 82.7 Å². The van der Waals surface area contributed by atoms with Gasteiger partial charge in [0.05, 0.1) is 24.4 Å². The van der Waals surface area contributed by atoms with Crippen LogP contribution in [0.2, 0.25) is 0 Å². The van der Waals surface area contributed by atoms with Gasteiger partial charge in [-0.3, -0.25) is 25.2 Å². The number of amides is 1. The Kier molecular flexibility index (Phi) is 9.13. The molecule has 0 atom stereocenters. The van der Waals surface area contributed by atoms with Crippen LogP contribution in [0, 0.1) is 0 Å².